The van der Waals surface area contributed by atoms with Crippen LogP contribution in [0.2, 0.25) is 0 Å². The normalized spacial score (nSPS) is 12.8. The van der Waals surface area contributed by atoms with Crippen molar-refractivity contribution in [3.8, 4) is 11.5 Å². The van der Waals surface area contributed by atoms with Crippen molar-refractivity contribution >= 4 is 64.6 Å². The Morgan fingerprint density at radius 3 is 2.49 bits per heavy atom. The number of hydrogen-bond donors (Lipinski definition) is 3. The zero-order valence-corrected chi connectivity index (χ0v) is 20.6. The average Bonchev–Trinajstić information content (AvgIpc) is 2.86. The molecule has 0 saturated carbocycles. The highest BCUT2D eigenvalue weighted by Gasteiger charge is 2.31. The summed E-state index contributed by atoms with van der Waals surface area (Å²) in [5.74, 6) is 0.263. The van der Waals surface area contributed by atoms with Gasteiger partial charge in [-0.3, -0.25) is 4.79 Å². The number of carbonyl (C=O) groups is 2. The minimum absolute atomic E-state index is 0.200. The lowest BCUT2D eigenvalue weighted by Crippen LogP contribution is -2.21. The number of benzene rings is 3. The molecule has 1 aromatic heterocycles. The van der Waals surface area contributed by atoms with Gasteiger partial charge in [-0.15, -0.1) is 0 Å². The van der Waals surface area contributed by atoms with Crippen LogP contribution in [0.25, 0.3) is 10.8 Å². The summed E-state index contributed by atoms with van der Waals surface area (Å²) in [6.07, 6.45) is -3.16. The zero-order chi connectivity index (χ0) is 26.2. The fourth-order valence-corrected chi connectivity index (χ4v) is 5.52. The Balaban J connectivity index is 1.42. The van der Waals surface area contributed by atoms with Crippen LogP contribution < -0.4 is 20.7 Å². The lowest BCUT2D eigenvalue weighted by atomic mass is 10.1. The number of fused-ring (bicyclic) bond motifs is 2. The molecule has 12 heteroatoms. The highest BCUT2D eigenvalue weighted by atomic mass is 127. The second kappa shape index (κ2) is 9.76. The number of amides is 3. The Labute approximate surface area is 216 Å². The van der Waals surface area contributed by atoms with E-state index >= 15 is 0 Å². The summed E-state index contributed by atoms with van der Waals surface area (Å²) in [4.78, 5) is 28.4. The van der Waals surface area contributed by atoms with Crippen LogP contribution in [-0.2, 0) is 11.0 Å². The molecule has 3 N–H and O–H groups in total. The monoisotopic (exact) mass is 622 g/mol. The Kier molecular flexibility index (Phi) is 6.50. The maximum Gasteiger partial charge on any atom is 0.416 e. The molecule has 2 heterocycles. The molecule has 3 amide bonds. The summed E-state index contributed by atoms with van der Waals surface area (Å²) >= 11 is -0.757. The van der Waals surface area contributed by atoms with Gasteiger partial charge in [-0.25, -0.2) is 14.2 Å². The highest BCUT2D eigenvalue weighted by Crippen LogP contribution is 2.39. The lowest BCUT2D eigenvalue weighted by Gasteiger charge is -2.17. The molecule has 1 aliphatic heterocycles. The summed E-state index contributed by atoms with van der Waals surface area (Å²) in [7, 11) is 0. The Hall–Kier alpha value is -4.07. The summed E-state index contributed by atoms with van der Waals surface area (Å²) in [6.45, 7) is 0. The van der Waals surface area contributed by atoms with Crippen LogP contribution in [0.3, 0.4) is 0 Å². The van der Waals surface area contributed by atoms with Crippen molar-refractivity contribution in [3.05, 3.63) is 81.8 Å². The standard InChI is InChI=1S/C25H15F4IN4O3/c26-16-6-5-13(25(27,28)29)11-18(16)33-24(36)32-17-7-8-19(15-4-2-1-3-14(15)17)37-20-9-10-31-23-22(20)30-12-21(35)34-23/h1-12H,(H,31,34,35)(H2,32,33,36). The van der Waals surface area contributed by atoms with E-state index in [1.54, 1.807) is 46.5 Å². The first-order chi connectivity index (χ1) is 17.7. The van der Waals surface area contributed by atoms with Crippen molar-refractivity contribution in [3.63, 3.8) is 0 Å². The van der Waals surface area contributed by atoms with E-state index in [1.165, 1.54) is 6.20 Å². The second-order valence-electron chi connectivity index (χ2n) is 7.71. The van der Waals surface area contributed by atoms with E-state index in [1.807, 2.05) is 0 Å². The molecule has 1 aliphatic rings. The first-order valence-corrected chi connectivity index (χ1v) is 12.9. The Bertz CT molecular complexity index is 1590. The van der Waals surface area contributed by atoms with E-state index in [0.29, 0.717) is 52.0 Å². The molecule has 0 fully saturated rings. The van der Waals surface area contributed by atoms with Gasteiger partial charge in [-0.2, -0.15) is 13.2 Å². The van der Waals surface area contributed by atoms with Gasteiger partial charge in [0.2, 0.25) is 0 Å². The highest BCUT2D eigenvalue weighted by molar-refractivity contribution is 14.2. The molecule has 0 spiro atoms. The molecular formula is C25H15F4IN4O3. The molecule has 4 aromatic rings. The van der Waals surface area contributed by atoms with Gasteiger partial charge in [0.1, 0.15) is 23.1 Å². The van der Waals surface area contributed by atoms with Crippen LogP contribution in [-0.4, -0.2) is 20.9 Å². The maximum atomic E-state index is 14.1. The van der Waals surface area contributed by atoms with E-state index in [4.69, 9.17) is 4.74 Å². The number of aromatic nitrogens is 1. The molecule has 5 rings (SSSR count). The van der Waals surface area contributed by atoms with Crippen LogP contribution in [0.4, 0.5) is 39.5 Å². The minimum atomic E-state index is -4.69. The number of carbonyl (C=O) groups excluding carboxylic acids is 2. The molecule has 0 radical (unpaired) electrons. The van der Waals surface area contributed by atoms with Gasteiger partial charge in [0.25, 0.3) is 5.91 Å². The van der Waals surface area contributed by atoms with E-state index < -0.39 is 50.0 Å². The van der Waals surface area contributed by atoms with Gasteiger partial charge in [-0.05, 0) is 30.3 Å². The predicted molar refractivity (Wildman–Crippen MR) is 140 cm³/mol. The van der Waals surface area contributed by atoms with E-state index in [-0.39, 0.29) is 5.91 Å². The van der Waals surface area contributed by atoms with Crippen molar-refractivity contribution in [2.75, 3.05) is 16.0 Å². The molecule has 0 atom stereocenters. The van der Waals surface area contributed by atoms with Crippen LogP contribution in [0.15, 0.2) is 66.9 Å². The second-order valence-corrected chi connectivity index (χ2v) is 10.0. The summed E-state index contributed by atoms with van der Waals surface area (Å²) in [5, 5.41) is 8.59. The lowest BCUT2D eigenvalue weighted by molar-refractivity contribution is -0.137. The average molecular weight is 622 g/mol. The number of nitrogens with one attached hydrogen (secondary N) is 3. The van der Waals surface area contributed by atoms with Crippen LogP contribution in [0.1, 0.15) is 5.56 Å². The Morgan fingerprint density at radius 1 is 0.946 bits per heavy atom. The first-order valence-electron chi connectivity index (χ1n) is 10.6. The van der Waals surface area contributed by atoms with Crippen LogP contribution in [0, 0.1) is 9.39 Å². The largest absolute Gasteiger partial charge is 0.455 e. The Morgan fingerprint density at radius 2 is 1.70 bits per heavy atom. The number of urea groups is 1. The van der Waals surface area contributed by atoms with Gasteiger partial charge in [0.15, 0.2) is 0 Å². The third-order valence-electron chi connectivity index (χ3n) is 5.25. The molecule has 3 aromatic carbocycles. The number of halogens is 5. The van der Waals surface area contributed by atoms with Crippen molar-refractivity contribution in [2.24, 2.45) is 0 Å². The summed E-state index contributed by atoms with van der Waals surface area (Å²) in [5.41, 5.74) is -1.36. The van der Waals surface area contributed by atoms with Gasteiger partial charge >= 0.3 is 12.2 Å². The SMILES string of the molecule is O=C1C=Ic2c(Oc3ccc(NC(=O)Nc4cc(C(F)(F)F)ccc4F)c4ccccc34)ccnc2N1. The smallest absolute Gasteiger partial charge is 0.416 e. The maximum absolute atomic E-state index is 14.1. The topological polar surface area (TPSA) is 92.3 Å². The summed E-state index contributed by atoms with van der Waals surface area (Å²) in [6, 6.07) is 12.8. The van der Waals surface area contributed by atoms with E-state index in [9.17, 15) is 27.2 Å². The molecule has 7 nitrogen and oxygen atoms in total. The molecule has 0 saturated heterocycles. The quantitative estimate of drug-likeness (QED) is 0.174. The van der Waals surface area contributed by atoms with Gasteiger partial charge in [0, 0.05) is 27.0 Å². The van der Waals surface area contributed by atoms with E-state index in [2.05, 4.69) is 20.9 Å². The number of pyridine rings is 1. The van der Waals surface area contributed by atoms with Gasteiger partial charge < -0.3 is 20.7 Å². The summed E-state index contributed by atoms with van der Waals surface area (Å²) < 4.78 is 61.6. The van der Waals surface area contributed by atoms with Crippen LogP contribution >= 0.6 is 20.7 Å². The van der Waals surface area contributed by atoms with Crippen molar-refractivity contribution in [2.45, 2.75) is 6.18 Å². The van der Waals surface area contributed by atoms with Crippen molar-refractivity contribution < 1.29 is 31.9 Å². The van der Waals surface area contributed by atoms with Crippen LogP contribution in [0.5, 0.6) is 11.5 Å². The number of alkyl halides is 3. The number of nitrogens with zero attached hydrogens (tertiary/aromatic N) is 1. The van der Waals surface area contributed by atoms with E-state index in [0.717, 1.165) is 3.57 Å². The van der Waals surface area contributed by atoms with Crippen molar-refractivity contribution in [1.29, 1.82) is 0 Å². The molecule has 0 bridgehead atoms. The third-order valence-corrected chi connectivity index (χ3v) is 7.79. The first kappa shape index (κ1) is 24.6. The number of hydrogen-bond acceptors (Lipinski definition) is 4. The minimum Gasteiger partial charge on any atom is -0.455 e. The predicted octanol–water partition coefficient (Wildman–Crippen LogP) is 6.72. The van der Waals surface area contributed by atoms with Gasteiger partial charge in [0.05, 0.1) is 20.5 Å². The van der Waals surface area contributed by atoms with Crippen molar-refractivity contribution in [1.82, 2.24) is 4.98 Å². The molecule has 37 heavy (non-hydrogen) atoms. The number of rotatable bonds is 4. The molecular weight excluding hydrogens is 607 g/mol. The molecule has 0 aliphatic carbocycles. The zero-order valence-electron chi connectivity index (χ0n) is 18.5. The van der Waals surface area contributed by atoms with Gasteiger partial charge in [-0.1, -0.05) is 45.0 Å². The fourth-order valence-electron chi connectivity index (χ4n) is 3.61. The number of anilines is 3. The molecule has 188 valence electrons. The number of ether oxygens (including phenoxy) is 1. The fraction of sp³-hybridized carbons (Fsp3) is 0.0400. The third kappa shape index (κ3) is 5.23. The molecule has 0 unspecified atom stereocenters.